The molecule has 1 aromatic rings. The van der Waals surface area contributed by atoms with Crippen LogP contribution in [0.15, 0.2) is 18.2 Å². The standard InChI is InChI=1S/C19H30N2O2/c1-14-9-10-17(15(2)12-14)20-13-16-8-6-7-11-21(16)18(22)23-19(3,4)5/h9-10,12,16,20H,6-8,11,13H2,1-5H3. The van der Waals surface area contributed by atoms with Crippen LogP contribution in [0.25, 0.3) is 0 Å². The van der Waals surface area contributed by atoms with Crippen LogP contribution in [0.3, 0.4) is 0 Å². The average molecular weight is 318 g/mol. The molecule has 4 nitrogen and oxygen atoms in total. The molecule has 2 rings (SSSR count). The molecule has 0 aliphatic carbocycles. The summed E-state index contributed by atoms with van der Waals surface area (Å²) in [5.41, 5.74) is 3.20. The molecule has 0 saturated carbocycles. The molecule has 1 amide bonds. The van der Waals surface area contributed by atoms with Crippen molar-refractivity contribution in [1.29, 1.82) is 0 Å². The lowest BCUT2D eigenvalue weighted by Crippen LogP contribution is -2.48. The third-order valence-corrected chi connectivity index (χ3v) is 4.17. The van der Waals surface area contributed by atoms with Gasteiger partial charge >= 0.3 is 6.09 Å². The van der Waals surface area contributed by atoms with E-state index >= 15 is 0 Å². The molecule has 1 saturated heterocycles. The lowest BCUT2D eigenvalue weighted by molar-refractivity contribution is 0.0114. The fraction of sp³-hybridized carbons (Fsp3) is 0.632. The first-order chi connectivity index (χ1) is 10.8. The van der Waals surface area contributed by atoms with E-state index in [1.807, 2.05) is 25.7 Å². The molecule has 4 heteroatoms. The van der Waals surface area contributed by atoms with Gasteiger partial charge in [-0.25, -0.2) is 4.79 Å². The van der Waals surface area contributed by atoms with Gasteiger partial charge in [0.2, 0.25) is 0 Å². The summed E-state index contributed by atoms with van der Waals surface area (Å²) in [7, 11) is 0. The molecule has 1 aromatic carbocycles. The van der Waals surface area contributed by atoms with E-state index in [0.717, 1.165) is 31.6 Å². The quantitative estimate of drug-likeness (QED) is 0.892. The van der Waals surface area contributed by atoms with Crippen molar-refractivity contribution in [1.82, 2.24) is 4.90 Å². The molecule has 0 spiro atoms. The summed E-state index contributed by atoms with van der Waals surface area (Å²) < 4.78 is 5.56. The van der Waals surface area contributed by atoms with E-state index in [0.29, 0.717) is 0 Å². The van der Waals surface area contributed by atoms with Crippen molar-refractivity contribution in [2.45, 2.75) is 65.5 Å². The molecular weight excluding hydrogens is 288 g/mol. The molecule has 1 aliphatic heterocycles. The third-order valence-electron chi connectivity index (χ3n) is 4.17. The highest BCUT2D eigenvalue weighted by atomic mass is 16.6. The van der Waals surface area contributed by atoms with Gasteiger partial charge < -0.3 is 15.0 Å². The van der Waals surface area contributed by atoms with Crippen molar-refractivity contribution >= 4 is 11.8 Å². The molecule has 0 aromatic heterocycles. The van der Waals surface area contributed by atoms with E-state index in [1.165, 1.54) is 17.5 Å². The Kier molecular flexibility index (Phi) is 5.55. The summed E-state index contributed by atoms with van der Waals surface area (Å²) >= 11 is 0. The van der Waals surface area contributed by atoms with Gasteiger partial charge in [-0.3, -0.25) is 0 Å². The van der Waals surface area contributed by atoms with Crippen LogP contribution in [0.5, 0.6) is 0 Å². The fourth-order valence-electron chi connectivity index (χ4n) is 3.01. The Balaban J connectivity index is 1.99. The van der Waals surface area contributed by atoms with Gasteiger partial charge in [0.05, 0.1) is 6.04 Å². The molecule has 1 aliphatic rings. The van der Waals surface area contributed by atoms with Gasteiger partial charge in [0.15, 0.2) is 0 Å². The van der Waals surface area contributed by atoms with Gasteiger partial charge in [0.25, 0.3) is 0 Å². The summed E-state index contributed by atoms with van der Waals surface area (Å²) in [6, 6.07) is 6.60. The smallest absolute Gasteiger partial charge is 0.410 e. The monoisotopic (exact) mass is 318 g/mol. The minimum Gasteiger partial charge on any atom is -0.444 e. The Hall–Kier alpha value is -1.71. The third kappa shape index (κ3) is 5.15. The predicted octanol–water partition coefficient (Wildman–Crippen LogP) is 4.50. The molecule has 0 bridgehead atoms. The maximum atomic E-state index is 12.4. The lowest BCUT2D eigenvalue weighted by Gasteiger charge is -2.37. The van der Waals surface area contributed by atoms with Crippen LogP contribution < -0.4 is 5.32 Å². The van der Waals surface area contributed by atoms with Crippen LogP contribution in [-0.2, 0) is 4.74 Å². The van der Waals surface area contributed by atoms with Gasteiger partial charge in [-0.05, 0) is 65.5 Å². The first kappa shape index (κ1) is 17.6. The second-order valence-electron chi connectivity index (χ2n) is 7.52. The minimum atomic E-state index is -0.444. The molecule has 1 N–H and O–H groups in total. The predicted molar refractivity (Wildman–Crippen MR) is 95.0 cm³/mol. The topological polar surface area (TPSA) is 41.6 Å². The Morgan fingerprint density at radius 3 is 2.70 bits per heavy atom. The van der Waals surface area contributed by atoms with Crippen LogP contribution >= 0.6 is 0 Å². The zero-order valence-electron chi connectivity index (χ0n) is 15.1. The number of anilines is 1. The second kappa shape index (κ2) is 7.24. The summed E-state index contributed by atoms with van der Waals surface area (Å²) in [5, 5.41) is 3.51. The number of likely N-dealkylation sites (tertiary alicyclic amines) is 1. The number of hydrogen-bond donors (Lipinski definition) is 1. The zero-order chi connectivity index (χ0) is 17.0. The van der Waals surface area contributed by atoms with Crippen molar-refractivity contribution < 1.29 is 9.53 Å². The van der Waals surface area contributed by atoms with Crippen molar-refractivity contribution in [2.24, 2.45) is 0 Å². The molecule has 0 radical (unpaired) electrons. The molecule has 1 heterocycles. The number of carbonyl (C=O) groups is 1. The van der Waals surface area contributed by atoms with Crippen molar-refractivity contribution in [2.75, 3.05) is 18.4 Å². The Labute approximate surface area is 140 Å². The number of piperidine rings is 1. The molecular formula is C19H30N2O2. The van der Waals surface area contributed by atoms with E-state index in [-0.39, 0.29) is 12.1 Å². The normalized spacial score (nSPS) is 18.7. The van der Waals surface area contributed by atoms with Crippen LogP contribution in [0.2, 0.25) is 0 Å². The number of nitrogens with one attached hydrogen (secondary N) is 1. The van der Waals surface area contributed by atoms with Gasteiger partial charge in [-0.15, -0.1) is 0 Å². The lowest BCUT2D eigenvalue weighted by atomic mass is 10.0. The van der Waals surface area contributed by atoms with Crippen LogP contribution in [0.1, 0.15) is 51.2 Å². The number of amides is 1. The largest absolute Gasteiger partial charge is 0.444 e. The minimum absolute atomic E-state index is 0.190. The maximum Gasteiger partial charge on any atom is 0.410 e. The maximum absolute atomic E-state index is 12.4. The summed E-state index contributed by atoms with van der Waals surface area (Å²) in [6.07, 6.45) is 3.05. The molecule has 1 unspecified atom stereocenters. The SMILES string of the molecule is Cc1ccc(NCC2CCCCN2C(=O)OC(C)(C)C)c(C)c1. The van der Waals surface area contributed by atoms with Crippen molar-refractivity contribution in [3.63, 3.8) is 0 Å². The first-order valence-electron chi connectivity index (χ1n) is 8.57. The zero-order valence-corrected chi connectivity index (χ0v) is 15.1. The van der Waals surface area contributed by atoms with Gasteiger partial charge in [0.1, 0.15) is 5.60 Å². The van der Waals surface area contributed by atoms with E-state index in [9.17, 15) is 4.79 Å². The highest BCUT2D eigenvalue weighted by molar-refractivity contribution is 5.69. The number of ether oxygens (including phenoxy) is 1. The van der Waals surface area contributed by atoms with Crippen LogP contribution in [0, 0.1) is 13.8 Å². The Bertz CT molecular complexity index is 549. The van der Waals surface area contributed by atoms with Gasteiger partial charge in [-0.1, -0.05) is 17.7 Å². The highest BCUT2D eigenvalue weighted by Crippen LogP contribution is 2.22. The van der Waals surface area contributed by atoms with Crippen molar-refractivity contribution in [3.8, 4) is 0 Å². The van der Waals surface area contributed by atoms with Gasteiger partial charge in [-0.2, -0.15) is 0 Å². The number of nitrogens with zero attached hydrogens (tertiary/aromatic N) is 1. The number of aryl methyl sites for hydroxylation is 2. The highest BCUT2D eigenvalue weighted by Gasteiger charge is 2.30. The molecule has 1 atom stereocenters. The van der Waals surface area contributed by atoms with E-state index in [4.69, 9.17) is 4.74 Å². The van der Waals surface area contributed by atoms with E-state index in [2.05, 4.69) is 37.4 Å². The summed E-state index contributed by atoms with van der Waals surface area (Å²) in [6.45, 7) is 11.5. The Morgan fingerprint density at radius 2 is 2.04 bits per heavy atom. The number of rotatable bonds is 3. The summed E-state index contributed by atoms with van der Waals surface area (Å²) in [5.74, 6) is 0. The number of hydrogen-bond acceptors (Lipinski definition) is 3. The number of benzene rings is 1. The van der Waals surface area contributed by atoms with Gasteiger partial charge in [0, 0.05) is 18.8 Å². The number of carbonyl (C=O) groups excluding carboxylic acids is 1. The Morgan fingerprint density at radius 1 is 1.30 bits per heavy atom. The molecule has 23 heavy (non-hydrogen) atoms. The van der Waals surface area contributed by atoms with E-state index in [1.54, 1.807) is 0 Å². The molecule has 1 fully saturated rings. The average Bonchev–Trinajstić information content (AvgIpc) is 2.45. The first-order valence-corrected chi connectivity index (χ1v) is 8.57. The van der Waals surface area contributed by atoms with Crippen LogP contribution in [0.4, 0.5) is 10.5 Å². The fourth-order valence-corrected chi connectivity index (χ4v) is 3.01. The van der Waals surface area contributed by atoms with Crippen molar-refractivity contribution in [3.05, 3.63) is 29.3 Å². The van der Waals surface area contributed by atoms with E-state index < -0.39 is 5.60 Å². The second-order valence-corrected chi connectivity index (χ2v) is 7.52. The molecule has 128 valence electrons. The van der Waals surface area contributed by atoms with Crippen LogP contribution in [-0.4, -0.2) is 35.7 Å². The summed E-state index contributed by atoms with van der Waals surface area (Å²) in [4.78, 5) is 14.3.